The smallest absolute Gasteiger partial charge is 0.135 e. The molecule has 0 aliphatic carbocycles. The molecule has 0 bridgehead atoms. The fraction of sp³-hybridized carbons (Fsp3) is 0.150. The molecule has 1 aliphatic rings. The number of furan rings is 1. The first-order valence-corrected chi connectivity index (χ1v) is 8.56. The van der Waals surface area contributed by atoms with Crippen LogP contribution in [-0.4, -0.2) is 14.7 Å². The van der Waals surface area contributed by atoms with Gasteiger partial charge in [-0.05, 0) is 17.7 Å². The topological polar surface area (TPSA) is 51.2 Å². The van der Waals surface area contributed by atoms with Crippen molar-refractivity contribution in [2.75, 3.05) is 0 Å². The van der Waals surface area contributed by atoms with E-state index in [0.29, 0.717) is 11.4 Å². The van der Waals surface area contributed by atoms with Gasteiger partial charge < -0.3 is 14.1 Å². The van der Waals surface area contributed by atoms with Crippen LogP contribution in [0.1, 0.15) is 29.7 Å². The van der Waals surface area contributed by atoms with Crippen molar-refractivity contribution >= 4 is 22.6 Å². The zero-order valence-electron chi connectivity index (χ0n) is 13.3. The minimum Gasteiger partial charge on any atom is -0.464 e. The van der Waals surface area contributed by atoms with Crippen LogP contribution in [0.3, 0.4) is 0 Å². The quantitative estimate of drug-likeness (QED) is 0.567. The molecule has 2 atom stereocenters. The molecule has 0 saturated heterocycles. The van der Waals surface area contributed by atoms with Gasteiger partial charge in [0.25, 0.3) is 0 Å². The molecular formula is C20H15ClN2O2. The number of aliphatic hydroxyl groups is 1. The van der Waals surface area contributed by atoms with Crippen LogP contribution in [0.25, 0.3) is 22.2 Å². The van der Waals surface area contributed by atoms with E-state index < -0.39 is 6.10 Å². The molecule has 5 heteroatoms. The second-order valence-electron chi connectivity index (χ2n) is 6.37. The number of hydrogen-bond donors (Lipinski definition) is 1. The van der Waals surface area contributed by atoms with Crippen molar-refractivity contribution in [2.24, 2.45) is 0 Å². The molecule has 1 aliphatic heterocycles. The summed E-state index contributed by atoms with van der Waals surface area (Å²) in [6.07, 6.45) is 5.17. The number of rotatable bonds is 3. The summed E-state index contributed by atoms with van der Waals surface area (Å²) in [6.45, 7) is 0. The van der Waals surface area contributed by atoms with Crippen LogP contribution in [0.15, 0.2) is 65.7 Å². The van der Waals surface area contributed by atoms with Gasteiger partial charge in [0.1, 0.15) is 5.58 Å². The Labute approximate surface area is 149 Å². The number of hydrogen-bond acceptors (Lipinski definition) is 3. The number of fused-ring (bicyclic) bond motifs is 4. The highest BCUT2D eigenvalue weighted by Gasteiger charge is 2.30. The largest absolute Gasteiger partial charge is 0.464 e. The molecule has 0 saturated carbocycles. The third kappa shape index (κ3) is 2.22. The van der Waals surface area contributed by atoms with Gasteiger partial charge in [0.2, 0.25) is 0 Å². The summed E-state index contributed by atoms with van der Waals surface area (Å²) in [5.74, 6) is 0. The molecule has 0 spiro atoms. The minimum atomic E-state index is -0.682. The van der Waals surface area contributed by atoms with Crippen LogP contribution in [0.5, 0.6) is 0 Å². The molecule has 5 rings (SSSR count). The van der Waals surface area contributed by atoms with Crippen molar-refractivity contribution in [3.8, 4) is 11.3 Å². The Hall–Kier alpha value is -2.56. The lowest BCUT2D eigenvalue weighted by Gasteiger charge is -2.20. The van der Waals surface area contributed by atoms with Crippen LogP contribution in [-0.2, 0) is 0 Å². The maximum atomic E-state index is 10.9. The minimum absolute atomic E-state index is 0.0415. The molecule has 0 amide bonds. The Bertz CT molecular complexity index is 1080. The van der Waals surface area contributed by atoms with E-state index in [1.54, 1.807) is 12.3 Å². The first-order valence-electron chi connectivity index (χ1n) is 8.18. The number of imidazole rings is 1. The van der Waals surface area contributed by atoms with Crippen LogP contribution in [0.4, 0.5) is 0 Å². The molecule has 4 nitrogen and oxygen atoms in total. The zero-order chi connectivity index (χ0) is 17.0. The fourth-order valence-electron chi connectivity index (χ4n) is 3.77. The molecule has 124 valence electrons. The van der Waals surface area contributed by atoms with Gasteiger partial charge in [-0.2, -0.15) is 0 Å². The summed E-state index contributed by atoms with van der Waals surface area (Å²) >= 11 is 6.38. The normalized spacial score (nSPS) is 16.8. The predicted molar refractivity (Wildman–Crippen MR) is 96.6 cm³/mol. The Morgan fingerprint density at radius 1 is 1.24 bits per heavy atom. The van der Waals surface area contributed by atoms with Crippen molar-refractivity contribution in [3.05, 3.63) is 77.4 Å². The van der Waals surface area contributed by atoms with Gasteiger partial charge in [-0.3, -0.25) is 0 Å². The van der Waals surface area contributed by atoms with Gasteiger partial charge in [-0.15, -0.1) is 0 Å². The van der Waals surface area contributed by atoms with Crippen molar-refractivity contribution in [2.45, 2.75) is 18.6 Å². The van der Waals surface area contributed by atoms with Crippen LogP contribution in [0, 0.1) is 0 Å². The molecular weight excluding hydrogens is 336 g/mol. The predicted octanol–water partition coefficient (Wildman–Crippen LogP) is 4.98. The van der Waals surface area contributed by atoms with E-state index >= 15 is 0 Å². The van der Waals surface area contributed by atoms with Crippen molar-refractivity contribution in [1.82, 2.24) is 9.55 Å². The first kappa shape index (κ1) is 14.8. The first-order chi connectivity index (χ1) is 12.2. The average Bonchev–Trinajstić information content (AvgIpc) is 3.31. The molecule has 4 aromatic rings. The molecule has 2 aromatic heterocycles. The van der Waals surface area contributed by atoms with Crippen LogP contribution < -0.4 is 0 Å². The van der Waals surface area contributed by atoms with Crippen molar-refractivity contribution in [3.63, 3.8) is 0 Å². The van der Waals surface area contributed by atoms with E-state index in [9.17, 15) is 5.11 Å². The highest BCUT2D eigenvalue weighted by Crippen LogP contribution is 2.43. The highest BCUT2D eigenvalue weighted by atomic mass is 35.5. The summed E-state index contributed by atoms with van der Waals surface area (Å²) < 4.78 is 7.49. The van der Waals surface area contributed by atoms with Gasteiger partial charge in [0, 0.05) is 29.0 Å². The summed E-state index contributed by atoms with van der Waals surface area (Å²) in [7, 11) is 0. The molecule has 25 heavy (non-hydrogen) atoms. The fourth-order valence-corrected chi connectivity index (χ4v) is 4.05. The number of nitrogens with zero attached hydrogens (tertiary/aromatic N) is 2. The molecule has 2 unspecified atom stereocenters. The lowest BCUT2D eigenvalue weighted by molar-refractivity contribution is 0.154. The van der Waals surface area contributed by atoms with Crippen LogP contribution in [0.2, 0.25) is 5.02 Å². The molecule has 2 aromatic carbocycles. The maximum Gasteiger partial charge on any atom is 0.135 e. The van der Waals surface area contributed by atoms with E-state index in [0.717, 1.165) is 22.2 Å². The third-order valence-corrected chi connectivity index (χ3v) is 5.30. The van der Waals surface area contributed by atoms with E-state index in [4.69, 9.17) is 16.0 Å². The Morgan fingerprint density at radius 2 is 2.12 bits per heavy atom. The molecule has 3 heterocycles. The lowest BCUT2D eigenvalue weighted by atomic mass is 9.95. The lowest BCUT2D eigenvalue weighted by Crippen LogP contribution is -2.11. The Balaban J connectivity index is 1.53. The van der Waals surface area contributed by atoms with E-state index in [2.05, 4.69) is 21.7 Å². The summed E-state index contributed by atoms with van der Waals surface area (Å²) in [5.41, 5.74) is 4.92. The molecule has 0 radical (unpaired) electrons. The van der Waals surface area contributed by atoms with Crippen molar-refractivity contribution < 1.29 is 9.52 Å². The molecule has 1 N–H and O–H groups in total. The number of halogens is 1. The van der Waals surface area contributed by atoms with Gasteiger partial charge in [-0.1, -0.05) is 35.9 Å². The van der Waals surface area contributed by atoms with Gasteiger partial charge in [-0.25, -0.2) is 4.98 Å². The van der Waals surface area contributed by atoms with Gasteiger partial charge >= 0.3 is 0 Å². The van der Waals surface area contributed by atoms with Crippen molar-refractivity contribution in [1.29, 1.82) is 0 Å². The van der Waals surface area contributed by atoms with Gasteiger partial charge in [0.15, 0.2) is 0 Å². The number of aliphatic hydroxyl groups excluding tert-OH is 1. The van der Waals surface area contributed by atoms with Crippen LogP contribution >= 0.6 is 11.6 Å². The van der Waals surface area contributed by atoms with E-state index in [1.807, 2.05) is 36.8 Å². The summed E-state index contributed by atoms with van der Waals surface area (Å²) in [5, 5.41) is 12.4. The monoisotopic (exact) mass is 350 g/mol. The molecule has 0 fully saturated rings. The second-order valence-corrected chi connectivity index (χ2v) is 6.78. The standard InChI is InChI=1S/C20H15ClN2O2/c21-16-8-20-12(5-6-25-20)7-15(16)19(24)9-17-13-3-1-2-4-14(13)18-10-22-11-23(17)18/h1-8,10-11,17,19,24H,9H2. The number of aromatic nitrogens is 2. The summed E-state index contributed by atoms with van der Waals surface area (Å²) in [4.78, 5) is 4.27. The van der Waals surface area contributed by atoms with Gasteiger partial charge in [0.05, 0.1) is 41.6 Å². The zero-order valence-corrected chi connectivity index (χ0v) is 14.0. The van der Waals surface area contributed by atoms with E-state index in [1.165, 1.54) is 11.1 Å². The third-order valence-electron chi connectivity index (χ3n) is 4.97. The Morgan fingerprint density at radius 3 is 3.04 bits per heavy atom. The maximum absolute atomic E-state index is 10.9. The Kier molecular flexibility index (Phi) is 3.23. The average molecular weight is 351 g/mol. The second kappa shape index (κ2) is 5.48. The van der Waals surface area contributed by atoms with E-state index in [-0.39, 0.29) is 6.04 Å². The highest BCUT2D eigenvalue weighted by molar-refractivity contribution is 6.32. The SMILES string of the molecule is OC(CC1c2ccccc2-c2cncn21)c1cc2ccoc2cc1Cl. The summed E-state index contributed by atoms with van der Waals surface area (Å²) in [6, 6.07) is 13.9. The number of benzene rings is 2.